The molecule has 1 heterocycles. The highest BCUT2D eigenvalue weighted by Crippen LogP contribution is 2.38. The van der Waals surface area contributed by atoms with Gasteiger partial charge in [-0.3, -0.25) is 4.90 Å². The summed E-state index contributed by atoms with van der Waals surface area (Å²) in [4.78, 5) is 4.66. The first-order valence-electron chi connectivity index (χ1n) is 9.16. The second kappa shape index (κ2) is 8.95. The fourth-order valence-corrected chi connectivity index (χ4v) is 3.47. The van der Waals surface area contributed by atoms with Crippen molar-refractivity contribution >= 4 is 5.69 Å². The van der Waals surface area contributed by atoms with Crippen molar-refractivity contribution in [3.8, 4) is 17.2 Å². The van der Waals surface area contributed by atoms with Crippen LogP contribution in [0.2, 0.25) is 0 Å². The van der Waals surface area contributed by atoms with Crippen molar-refractivity contribution in [3.63, 3.8) is 0 Å². The van der Waals surface area contributed by atoms with Gasteiger partial charge in [0.1, 0.15) is 5.82 Å². The highest BCUT2D eigenvalue weighted by atomic mass is 19.1. The molecule has 2 aromatic carbocycles. The lowest BCUT2D eigenvalue weighted by Crippen LogP contribution is -2.47. The van der Waals surface area contributed by atoms with Crippen LogP contribution in [0.15, 0.2) is 36.4 Å². The van der Waals surface area contributed by atoms with E-state index >= 15 is 0 Å². The Kier molecular flexibility index (Phi) is 6.40. The Morgan fingerprint density at radius 2 is 1.56 bits per heavy atom. The highest BCUT2D eigenvalue weighted by Gasteiger charge is 2.18. The Hall–Kier alpha value is -2.47. The number of piperazine rings is 1. The average molecular weight is 374 g/mol. The van der Waals surface area contributed by atoms with E-state index in [-0.39, 0.29) is 5.82 Å². The van der Waals surface area contributed by atoms with Gasteiger partial charge in [-0.15, -0.1) is 0 Å². The Bertz CT molecular complexity index is 736. The van der Waals surface area contributed by atoms with E-state index in [1.165, 1.54) is 6.07 Å². The normalized spacial score (nSPS) is 14.9. The van der Waals surface area contributed by atoms with Crippen LogP contribution in [0.5, 0.6) is 17.2 Å². The molecule has 0 atom stereocenters. The fraction of sp³-hybridized carbons (Fsp3) is 0.429. The van der Waals surface area contributed by atoms with Gasteiger partial charge in [0, 0.05) is 38.4 Å². The summed E-state index contributed by atoms with van der Waals surface area (Å²) in [7, 11) is 4.87. The first-order valence-corrected chi connectivity index (χ1v) is 9.16. The smallest absolute Gasteiger partial charge is 0.203 e. The number of hydrogen-bond donors (Lipinski definition) is 0. The van der Waals surface area contributed by atoms with Crippen molar-refractivity contribution in [2.24, 2.45) is 0 Å². The van der Waals surface area contributed by atoms with Crippen LogP contribution in [-0.4, -0.2) is 59.0 Å². The van der Waals surface area contributed by atoms with Crippen LogP contribution < -0.4 is 19.1 Å². The minimum Gasteiger partial charge on any atom is -0.493 e. The minimum absolute atomic E-state index is 0.183. The SMILES string of the molecule is COc1cc(CCN2CCN(c3cccc(F)c3)CC2)cc(OC)c1OC. The molecule has 0 saturated carbocycles. The molecule has 6 heteroatoms. The summed E-state index contributed by atoms with van der Waals surface area (Å²) in [6, 6.07) is 10.8. The van der Waals surface area contributed by atoms with E-state index < -0.39 is 0 Å². The molecule has 0 N–H and O–H groups in total. The van der Waals surface area contributed by atoms with E-state index in [9.17, 15) is 4.39 Å². The van der Waals surface area contributed by atoms with Crippen LogP contribution in [0.25, 0.3) is 0 Å². The second-order valence-electron chi connectivity index (χ2n) is 6.59. The summed E-state index contributed by atoms with van der Waals surface area (Å²) in [6.45, 7) is 4.68. The molecule has 1 saturated heterocycles. The van der Waals surface area contributed by atoms with Gasteiger partial charge in [0.2, 0.25) is 5.75 Å². The van der Waals surface area contributed by atoms with E-state index in [0.29, 0.717) is 17.2 Å². The van der Waals surface area contributed by atoms with Crippen LogP contribution in [0.4, 0.5) is 10.1 Å². The van der Waals surface area contributed by atoms with Gasteiger partial charge in [-0.1, -0.05) is 6.07 Å². The lowest BCUT2D eigenvalue weighted by molar-refractivity contribution is 0.260. The zero-order chi connectivity index (χ0) is 19.2. The third kappa shape index (κ3) is 4.63. The molecule has 0 aromatic heterocycles. The average Bonchev–Trinajstić information content (AvgIpc) is 2.71. The van der Waals surface area contributed by atoms with E-state index in [1.54, 1.807) is 33.5 Å². The number of halogens is 1. The van der Waals surface area contributed by atoms with E-state index in [1.807, 2.05) is 18.2 Å². The Labute approximate surface area is 160 Å². The van der Waals surface area contributed by atoms with E-state index in [0.717, 1.165) is 50.4 Å². The van der Waals surface area contributed by atoms with Crippen molar-refractivity contribution < 1.29 is 18.6 Å². The van der Waals surface area contributed by atoms with Gasteiger partial charge in [0.15, 0.2) is 11.5 Å². The van der Waals surface area contributed by atoms with Crippen molar-refractivity contribution in [1.82, 2.24) is 4.90 Å². The number of hydrogen-bond acceptors (Lipinski definition) is 5. The zero-order valence-corrected chi connectivity index (χ0v) is 16.2. The second-order valence-corrected chi connectivity index (χ2v) is 6.59. The monoisotopic (exact) mass is 374 g/mol. The molecule has 5 nitrogen and oxygen atoms in total. The van der Waals surface area contributed by atoms with Crippen LogP contribution in [0.1, 0.15) is 5.56 Å². The maximum Gasteiger partial charge on any atom is 0.203 e. The molecule has 0 amide bonds. The maximum absolute atomic E-state index is 13.4. The van der Waals surface area contributed by atoms with E-state index in [2.05, 4.69) is 9.80 Å². The first-order chi connectivity index (χ1) is 13.1. The van der Waals surface area contributed by atoms with Gasteiger partial charge >= 0.3 is 0 Å². The largest absolute Gasteiger partial charge is 0.493 e. The molecular formula is C21H27FN2O3. The van der Waals surface area contributed by atoms with Crippen molar-refractivity contribution in [3.05, 3.63) is 47.8 Å². The molecule has 0 bridgehead atoms. The first kappa shape index (κ1) is 19.3. The topological polar surface area (TPSA) is 34.2 Å². The third-order valence-electron chi connectivity index (χ3n) is 4.99. The molecule has 0 spiro atoms. The van der Waals surface area contributed by atoms with Crippen molar-refractivity contribution in [1.29, 1.82) is 0 Å². The molecule has 0 unspecified atom stereocenters. The summed E-state index contributed by atoms with van der Waals surface area (Å²) in [5, 5.41) is 0. The van der Waals surface area contributed by atoms with Crippen LogP contribution in [0.3, 0.4) is 0 Å². The molecule has 2 aromatic rings. The lowest BCUT2D eigenvalue weighted by Gasteiger charge is -2.36. The number of benzene rings is 2. The summed E-state index contributed by atoms with van der Waals surface area (Å²) in [5.74, 6) is 1.80. The Morgan fingerprint density at radius 1 is 0.889 bits per heavy atom. The standard InChI is InChI=1S/C21H27FN2O3/c1-25-19-13-16(14-20(26-2)21(19)27-3)7-8-23-9-11-24(12-10-23)18-6-4-5-17(22)15-18/h4-6,13-15H,7-12H2,1-3H3. The Morgan fingerprint density at radius 3 is 2.11 bits per heavy atom. The number of anilines is 1. The Balaban J connectivity index is 1.57. The van der Waals surface area contributed by atoms with Gasteiger partial charge in [-0.2, -0.15) is 0 Å². The number of nitrogens with zero attached hydrogens (tertiary/aromatic N) is 2. The van der Waals surface area contributed by atoms with Crippen LogP contribution in [0, 0.1) is 5.82 Å². The van der Waals surface area contributed by atoms with Gasteiger partial charge in [0.25, 0.3) is 0 Å². The summed E-state index contributed by atoms with van der Waals surface area (Å²) >= 11 is 0. The summed E-state index contributed by atoms with van der Waals surface area (Å²) in [5.41, 5.74) is 2.11. The molecule has 1 aliphatic rings. The maximum atomic E-state index is 13.4. The number of rotatable bonds is 7. The van der Waals surface area contributed by atoms with Crippen molar-refractivity contribution in [2.45, 2.75) is 6.42 Å². The molecule has 1 aliphatic heterocycles. The zero-order valence-electron chi connectivity index (χ0n) is 16.2. The highest BCUT2D eigenvalue weighted by molar-refractivity contribution is 5.54. The minimum atomic E-state index is -0.183. The molecule has 146 valence electrons. The van der Waals surface area contributed by atoms with E-state index in [4.69, 9.17) is 14.2 Å². The third-order valence-corrected chi connectivity index (χ3v) is 4.99. The summed E-state index contributed by atoms with van der Waals surface area (Å²) in [6.07, 6.45) is 0.899. The predicted molar refractivity (Wildman–Crippen MR) is 105 cm³/mol. The molecular weight excluding hydrogens is 347 g/mol. The lowest BCUT2D eigenvalue weighted by atomic mass is 10.1. The van der Waals surface area contributed by atoms with Crippen molar-refractivity contribution in [2.75, 3.05) is 59.0 Å². The van der Waals surface area contributed by atoms with Gasteiger partial charge in [0.05, 0.1) is 21.3 Å². The molecule has 1 fully saturated rings. The number of ether oxygens (including phenoxy) is 3. The fourth-order valence-electron chi connectivity index (χ4n) is 3.47. The summed E-state index contributed by atoms with van der Waals surface area (Å²) < 4.78 is 29.7. The van der Waals surface area contributed by atoms with Crippen LogP contribution in [-0.2, 0) is 6.42 Å². The molecule has 3 rings (SSSR count). The number of methoxy groups -OCH3 is 3. The van der Waals surface area contributed by atoms with Gasteiger partial charge in [-0.05, 0) is 42.3 Å². The van der Waals surface area contributed by atoms with Gasteiger partial charge < -0.3 is 19.1 Å². The van der Waals surface area contributed by atoms with Crippen LogP contribution >= 0.6 is 0 Å². The van der Waals surface area contributed by atoms with Gasteiger partial charge in [-0.25, -0.2) is 4.39 Å². The quantitative estimate of drug-likeness (QED) is 0.743. The molecule has 0 aliphatic carbocycles. The molecule has 0 radical (unpaired) electrons. The molecule has 27 heavy (non-hydrogen) atoms. The predicted octanol–water partition coefficient (Wildman–Crippen LogP) is 3.22.